The SMILES string of the molecule is Cc1cccc(N2CC(c3nc4ccccc4n3CC(=O)c3ccccc3)CC2=O)c1C. The third-order valence-corrected chi connectivity index (χ3v) is 6.44. The lowest BCUT2D eigenvalue weighted by molar-refractivity contribution is -0.117. The number of hydrogen-bond donors (Lipinski definition) is 0. The summed E-state index contributed by atoms with van der Waals surface area (Å²) in [5, 5.41) is 0. The van der Waals surface area contributed by atoms with Crippen molar-refractivity contribution in [1.29, 1.82) is 0 Å². The van der Waals surface area contributed by atoms with Crippen molar-refractivity contribution in [2.75, 3.05) is 11.4 Å². The lowest BCUT2D eigenvalue weighted by Crippen LogP contribution is -2.25. The van der Waals surface area contributed by atoms with Crippen LogP contribution in [0.15, 0.2) is 72.8 Å². The predicted octanol–water partition coefficient (Wildman–Crippen LogP) is 5.06. The van der Waals surface area contributed by atoms with E-state index in [2.05, 4.69) is 19.9 Å². The van der Waals surface area contributed by atoms with Crippen LogP contribution in [0.4, 0.5) is 5.69 Å². The first-order chi connectivity index (χ1) is 15.5. The van der Waals surface area contributed by atoms with Crippen molar-refractivity contribution in [1.82, 2.24) is 9.55 Å². The molecule has 4 aromatic rings. The Hall–Kier alpha value is -3.73. The first-order valence-corrected chi connectivity index (χ1v) is 10.9. The van der Waals surface area contributed by atoms with Crippen molar-refractivity contribution in [2.45, 2.75) is 32.7 Å². The molecule has 1 atom stereocenters. The minimum atomic E-state index is -0.0709. The molecule has 0 saturated carbocycles. The number of imidazole rings is 1. The van der Waals surface area contributed by atoms with E-state index in [1.165, 1.54) is 5.56 Å². The minimum Gasteiger partial charge on any atom is -0.320 e. The molecular weight excluding hydrogens is 398 g/mol. The Labute approximate surface area is 187 Å². The minimum absolute atomic E-state index is 0.0331. The Morgan fingerprint density at radius 1 is 0.969 bits per heavy atom. The van der Waals surface area contributed by atoms with Crippen LogP contribution in [-0.2, 0) is 11.3 Å². The number of amides is 1. The summed E-state index contributed by atoms with van der Waals surface area (Å²) < 4.78 is 2.00. The molecule has 3 aromatic carbocycles. The zero-order valence-electron chi connectivity index (χ0n) is 18.3. The monoisotopic (exact) mass is 423 g/mol. The maximum Gasteiger partial charge on any atom is 0.227 e. The highest BCUT2D eigenvalue weighted by atomic mass is 16.2. The largest absolute Gasteiger partial charge is 0.320 e. The lowest BCUT2D eigenvalue weighted by Gasteiger charge is -2.20. The van der Waals surface area contributed by atoms with Gasteiger partial charge in [0.2, 0.25) is 5.91 Å². The molecule has 5 rings (SSSR count). The summed E-state index contributed by atoms with van der Waals surface area (Å²) >= 11 is 0. The second-order valence-corrected chi connectivity index (χ2v) is 8.46. The van der Waals surface area contributed by atoms with E-state index in [1.54, 1.807) is 0 Å². The molecule has 1 amide bonds. The number of aromatic nitrogens is 2. The molecule has 0 aliphatic carbocycles. The summed E-state index contributed by atoms with van der Waals surface area (Å²) in [5.74, 6) is 0.859. The molecule has 1 unspecified atom stereocenters. The van der Waals surface area contributed by atoms with Crippen LogP contribution in [0.2, 0.25) is 0 Å². The van der Waals surface area contributed by atoms with Crippen molar-refractivity contribution in [3.05, 3.63) is 95.3 Å². The van der Waals surface area contributed by atoms with Gasteiger partial charge in [-0.25, -0.2) is 4.98 Å². The van der Waals surface area contributed by atoms with Crippen LogP contribution < -0.4 is 4.90 Å². The third kappa shape index (κ3) is 3.50. The molecule has 1 fully saturated rings. The zero-order valence-corrected chi connectivity index (χ0v) is 18.3. The number of aryl methyl sites for hydroxylation is 1. The molecule has 160 valence electrons. The van der Waals surface area contributed by atoms with Crippen LogP contribution in [0.3, 0.4) is 0 Å². The number of benzene rings is 3. The van der Waals surface area contributed by atoms with Gasteiger partial charge < -0.3 is 9.47 Å². The predicted molar refractivity (Wildman–Crippen MR) is 126 cm³/mol. The summed E-state index contributed by atoms with van der Waals surface area (Å²) in [5.41, 5.74) is 5.69. The van der Waals surface area contributed by atoms with Gasteiger partial charge in [0, 0.05) is 30.1 Å². The number of nitrogens with zero attached hydrogens (tertiary/aromatic N) is 3. The van der Waals surface area contributed by atoms with Gasteiger partial charge in [0.15, 0.2) is 5.78 Å². The van der Waals surface area contributed by atoms with Crippen LogP contribution in [0.1, 0.15) is 39.6 Å². The van der Waals surface area contributed by atoms with E-state index in [1.807, 2.05) is 76.2 Å². The van der Waals surface area contributed by atoms with E-state index >= 15 is 0 Å². The Kier molecular flexibility index (Phi) is 5.10. The topological polar surface area (TPSA) is 55.2 Å². The fourth-order valence-electron chi connectivity index (χ4n) is 4.57. The molecule has 1 saturated heterocycles. The highest BCUT2D eigenvalue weighted by Crippen LogP contribution is 2.35. The number of hydrogen-bond acceptors (Lipinski definition) is 3. The number of rotatable bonds is 5. The van der Waals surface area contributed by atoms with E-state index < -0.39 is 0 Å². The molecule has 0 bridgehead atoms. The number of Topliss-reactive ketones (excluding diaryl/α,β-unsaturated/α-hetero) is 1. The molecule has 1 aromatic heterocycles. The van der Waals surface area contributed by atoms with Gasteiger partial charge in [0.05, 0.1) is 17.6 Å². The number of carbonyl (C=O) groups is 2. The summed E-state index contributed by atoms with van der Waals surface area (Å²) in [4.78, 5) is 32.8. The van der Waals surface area contributed by atoms with E-state index in [-0.39, 0.29) is 24.2 Å². The number of para-hydroxylation sites is 2. The summed E-state index contributed by atoms with van der Waals surface area (Å²) in [7, 11) is 0. The Bertz CT molecular complexity index is 1320. The smallest absolute Gasteiger partial charge is 0.227 e. The molecule has 1 aliphatic heterocycles. The van der Waals surface area contributed by atoms with Crippen LogP contribution in [0.25, 0.3) is 11.0 Å². The molecule has 2 heterocycles. The third-order valence-electron chi connectivity index (χ3n) is 6.44. The second kappa shape index (κ2) is 8.08. The summed E-state index contributed by atoms with van der Waals surface area (Å²) in [6, 6.07) is 23.2. The van der Waals surface area contributed by atoms with Gasteiger partial charge in [0.1, 0.15) is 5.82 Å². The average molecular weight is 424 g/mol. The van der Waals surface area contributed by atoms with Crippen molar-refractivity contribution >= 4 is 28.4 Å². The summed E-state index contributed by atoms with van der Waals surface area (Å²) in [6.45, 7) is 4.88. The highest BCUT2D eigenvalue weighted by molar-refractivity contribution is 5.98. The van der Waals surface area contributed by atoms with Crippen molar-refractivity contribution in [3.63, 3.8) is 0 Å². The number of ketones is 1. The first kappa shape index (κ1) is 20.2. The van der Waals surface area contributed by atoms with E-state index in [4.69, 9.17) is 4.98 Å². The molecular formula is C27H25N3O2. The van der Waals surface area contributed by atoms with Crippen molar-refractivity contribution in [2.24, 2.45) is 0 Å². The molecule has 5 nitrogen and oxygen atoms in total. The number of carbonyl (C=O) groups excluding carboxylic acids is 2. The molecule has 32 heavy (non-hydrogen) atoms. The molecule has 0 radical (unpaired) electrons. The van der Waals surface area contributed by atoms with Crippen LogP contribution in [0, 0.1) is 13.8 Å². The van der Waals surface area contributed by atoms with Crippen LogP contribution >= 0.6 is 0 Å². The molecule has 0 N–H and O–H groups in total. The maximum absolute atomic E-state index is 13.0. The Balaban J connectivity index is 1.52. The number of anilines is 1. The number of fused-ring (bicyclic) bond motifs is 1. The average Bonchev–Trinajstić information content (AvgIpc) is 3.37. The van der Waals surface area contributed by atoms with Crippen LogP contribution in [-0.4, -0.2) is 27.8 Å². The van der Waals surface area contributed by atoms with Gasteiger partial charge >= 0.3 is 0 Å². The van der Waals surface area contributed by atoms with E-state index in [0.29, 0.717) is 18.5 Å². The fourth-order valence-corrected chi connectivity index (χ4v) is 4.57. The van der Waals surface area contributed by atoms with Gasteiger partial charge in [-0.1, -0.05) is 54.6 Å². The molecule has 1 aliphatic rings. The quantitative estimate of drug-likeness (QED) is 0.422. The van der Waals surface area contributed by atoms with Gasteiger partial charge in [-0.3, -0.25) is 9.59 Å². The van der Waals surface area contributed by atoms with Gasteiger partial charge in [0.25, 0.3) is 0 Å². The Morgan fingerprint density at radius 3 is 2.53 bits per heavy atom. The normalized spacial score (nSPS) is 16.1. The van der Waals surface area contributed by atoms with Crippen molar-refractivity contribution in [3.8, 4) is 0 Å². The standard InChI is InChI=1S/C27H25N3O2/c1-18-9-8-14-23(19(18)2)29-16-21(15-26(29)32)27-28-22-12-6-7-13-24(22)30(27)17-25(31)20-10-4-3-5-11-20/h3-14,21H,15-17H2,1-2H3. The lowest BCUT2D eigenvalue weighted by atomic mass is 10.1. The van der Waals surface area contributed by atoms with Crippen molar-refractivity contribution < 1.29 is 9.59 Å². The van der Waals surface area contributed by atoms with E-state index in [9.17, 15) is 9.59 Å². The van der Waals surface area contributed by atoms with E-state index in [0.717, 1.165) is 28.1 Å². The molecule has 0 spiro atoms. The van der Waals surface area contributed by atoms with Gasteiger partial charge in [-0.2, -0.15) is 0 Å². The molecule has 5 heteroatoms. The highest BCUT2D eigenvalue weighted by Gasteiger charge is 2.35. The second-order valence-electron chi connectivity index (χ2n) is 8.46. The van der Waals surface area contributed by atoms with Crippen LogP contribution in [0.5, 0.6) is 0 Å². The first-order valence-electron chi connectivity index (χ1n) is 10.9. The summed E-state index contributed by atoms with van der Waals surface area (Å²) in [6.07, 6.45) is 0.385. The van der Waals surface area contributed by atoms with Gasteiger partial charge in [-0.15, -0.1) is 0 Å². The van der Waals surface area contributed by atoms with Gasteiger partial charge in [-0.05, 0) is 43.2 Å². The maximum atomic E-state index is 13.0. The zero-order chi connectivity index (χ0) is 22.2. The fraction of sp³-hybridized carbons (Fsp3) is 0.222. The Morgan fingerprint density at radius 2 is 1.72 bits per heavy atom.